The van der Waals surface area contributed by atoms with E-state index in [1.807, 2.05) is 13.0 Å². The molecular formula is C23H29ClN2O5S. The lowest BCUT2D eigenvalue weighted by molar-refractivity contribution is -0.126. The van der Waals surface area contributed by atoms with E-state index in [1.165, 1.54) is 4.31 Å². The van der Waals surface area contributed by atoms with Crippen molar-refractivity contribution in [2.45, 2.75) is 31.6 Å². The predicted molar refractivity (Wildman–Crippen MR) is 124 cm³/mol. The van der Waals surface area contributed by atoms with Crippen LogP contribution in [-0.4, -0.2) is 45.9 Å². The molecule has 1 saturated heterocycles. The molecule has 174 valence electrons. The quantitative estimate of drug-likeness (QED) is 0.621. The summed E-state index contributed by atoms with van der Waals surface area (Å²) in [6, 6.07) is 12.1. The van der Waals surface area contributed by atoms with Crippen molar-refractivity contribution in [1.29, 1.82) is 0 Å². The van der Waals surface area contributed by atoms with Gasteiger partial charge in [0.25, 0.3) is 0 Å². The Hall–Kier alpha value is -2.29. The number of halogens is 1. The maximum absolute atomic E-state index is 12.9. The second-order valence-electron chi connectivity index (χ2n) is 7.86. The molecule has 9 heteroatoms. The van der Waals surface area contributed by atoms with Crippen LogP contribution in [0.15, 0.2) is 42.5 Å². The topological polar surface area (TPSA) is 84.9 Å². The van der Waals surface area contributed by atoms with Crippen molar-refractivity contribution in [1.82, 2.24) is 9.62 Å². The monoisotopic (exact) mass is 480 g/mol. The first-order valence-electron chi connectivity index (χ1n) is 10.5. The van der Waals surface area contributed by atoms with Crippen LogP contribution in [0, 0.1) is 5.92 Å². The van der Waals surface area contributed by atoms with Crippen molar-refractivity contribution in [3.8, 4) is 11.5 Å². The minimum Gasteiger partial charge on any atom is -0.497 e. The molecule has 2 aromatic rings. The van der Waals surface area contributed by atoms with E-state index in [9.17, 15) is 13.2 Å². The second-order valence-corrected chi connectivity index (χ2v) is 10.2. The number of ether oxygens (including phenoxy) is 2. The van der Waals surface area contributed by atoms with Crippen LogP contribution in [0.4, 0.5) is 0 Å². The van der Waals surface area contributed by atoms with Crippen molar-refractivity contribution in [3.63, 3.8) is 0 Å². The van der Waals surface area contributed by atoms with Gasteiger partial charge in [-0.05, 0) is 49.6 Å². The number of nitrogens with one attached hydrogen (secondary N) is 1. The summed E-state index contributed by atoms with van der Waals surface area (Å²) in [6.45, 7) is 2.50. The van der Waals surface area contributed by atoms with Crippen LogP contribution in [0.5, 0.6) is 11.5 Å². The van der Waals surface area contributed by atoms with Gasteiger partial charge in [-0.1, -0.05) is 29.8 Å². The molecule has 0 radical (unpaired) electrons. The van der Waals surface area contributed by atoms with Crippen LogP contribution < -0.4 is 14.8 Å². The fraction of sp³-hybridized carbons (Fsp3) is 0.435. The van der Waals surface area contributed by atoms with Gasteiger partial charge < -0.3 is 14.8 Å². The fourth-order valence-electron chi connectivity index (χ4n) is 3.89. The first-order valence-corrected chi connectivity index (χ1v) is 12.5. The lowest BCUT2D eigenvalue weighted by Crippen LogP contribution is -2.43. The summed E-state index contributed by atoms with van der Waals surface area (Å²) in [6.07, 6.45) is 0.936. The van der Waals surface area contributed by atoms with E-state index >= 15 is 0 Å². The Morgan fingerprint density at radius 3 is 2.47 bits per heavy atom. The Morgan fingerprint density at radius 1 is 1.16 bits per heavy atom. The summed E-state index contributed by atoms with van der Waals surface area (Å²) in [5, 5.41) is 3.47. The molecule has 0 aliphatic carbocycles. The molecule has 0 aromatic heterocycles. The highest BCUT2D eigenvalue weighted by atomic mass is 35.5. The molecular weight excluding hydrogens is 452 g/mol. The third-order valence-electron chi connectivity index (χ3n) is 5.78. The van der Waals surface area contributed by atoms with Crippen LogP contribution in [-0.2, 0) is 20.6 Å². The number of sulfonamides is 1. The van der Waals surface area contributed by atoms with Gasteiger partial charge in [0.2, 0.25) is 15.9 Å². The molecule has 2 aromatic carbocycles. The van der Waals surface area contributed by atoms with Gasteiger partial charge in [-0.15, -0.1) is 0 Å². The summed E-state index contributed by atoms with van der Waals surface area (Å²) in [5.74, 6) is 0.861. The first kappa shape index (κ1) is 24.4. The number of carbonyl (C=O) groups is 1. The van der Waals surface area contributed by atoms with Crippen LogP contribution in [0.3, 0.4) is 0 Å². The van der Waals surface area contributed by atoms with Crippen molar-refractivity contribution < 1.29 is 22.7 Å². The van der Waals surface area contributed by atoms with Gasteiger partial charge in [-0.3, -0.25) is 4.79 Å². The zero-order valence-electron chi connectivity index (χ0n) is 18.5. The molecule has 7 nitrogen and oxygen atoms in total. The summed E-state index contributed by atoms with van der Waals surface area (Å²) < 4.78 is 37.8. The Morgan fingerprint density at radius 2 is 1.84 bits per heavy atom. The summed E-state index contributed by atoms with van der Waals surface area (Å²) in [5.41, 5.74) is 1.40. The maximum atomic E-state index is 12.9. The van der Waals surface area contributed by atoms with Crippen molar-refractivity contribution in [3.05, 3.63) is 58.6 Å². The lowest BCUT2D eigenvalue weighted by atomic mass is 9.96. The molecule has 1 aliphatic rings. The molecule has 1 unspecified atom stereocenters. The number of benzene rings is 2. The second kappa shape index (κ2) is 10.6. The molecule has 0 bridgehead atoms. The minimum atomic E-state index is -3.50. The van der Waals surface area contributed by atoms with Crippen molar-refractivity contribution in [2.24, 2.45) is 5.92 Å². The van der Waals surface area contributed by atoms with Crippen LogP contribution in [0.1, 0.15) is 36.9 Å². The number of piperidine rings is 1. The molecule has 1 fully saturated rings. The summed E-state index contributed by atoms with van der Waals surface area (Å²) in [4.78, 5) is 12.9. The van der Waals surface area contributed by atoms with Gasteiger partial charge >= 0.3 is 0 Å². The Kier molecular flexibility index (Phi) is 8.03. The summed E-state index contributed by atoms with van der Waals surface area (Å²) in [7, 11) is -0.336. The lowest BCUT2D eigenvalue weighted by Gasteiger charge is -2.31. The van der Waals surface area contributed by atoms with Gasteiger partial charge in [0, 0.05) is 29.6 Å². The third kappa shape index (κ3) is 5.74. The zero-order chi connectivity index (χ0) is 23.3. The normalized spacial score (nSPS) is 16.4. The van der Waals surface area contributed by atoms with Crippen molar-refractivity contribution in [2.75, 3.05) is 27.3 Å². The average Bonchev–Trinajstić information content (AvgIpc) is 2.80. The number of rotatable bonds is 8. The van der Waals surface area contributed by atoms with Gasteiger partial charge in [0.1, 0.15) is 11.5 Å². The maximum Gasteiger partial charge on any atom is 0.223 e. The van der Waals surface area contributed by atoms with E-state index < -0.39 is 10.0 Å². The van der Waals surface area contributed by atoms with E-state index in [2.05, 4.69) is 5.32 Å². The zero-order valence-corrected chi connectivity index (χ0v) is 20.1. The molecule has 1 amide bonds. The smallest absolute Gasteiger partial charge is 0.223 e. The molecule has 1 N–H and O–H groups in total. The fourth-order valence-corrected chi connectivity index (χ4v) is 5.76. The van der Waals surface area contributed by atoms with E-state index in [1.54, 1.807) is 50.6 Å². The predicted octanol–water partition coefficient (Wildman–Crippen LogP) is 3.78. The molecule has 0 saturated carbocycles. The number of nitrogens with zero attached hydrogens (tertiary/aromatic N) is 1. The summed E-state index contributed by atoms with van der Waals surface area (Å²) >= 11 is 6.12. The van der Waals surface area contributed by atoms with Gasteiger partial charge in [-0.2, -0.15) is 0 Å². The van der Waals surface area contributed by atoms with E-state index in [4.69, 9.17) is 21.1 Å². The van der Waals surface area contributed by atoms with Crippen LogP contribution >= 0.6 is 11.6 Å². The minimum absolute atomic E-state index is 0.0921. The standard InChI is InChI=1S/C23H29ClN2O5S/c1-16(20-14-19(30-2)8-9-22(20)31-3)25-23(27)17-10-12-26(13-11-17)32(28,29)15-18-6-4-5-7-21(18)24/h4-9,14,16-17H,10-13,15H2,1-3H3,(H,25,27). The molecule has 1 heterocycles. The van der Waals surface area contributed by atoms with E-state index in [0.717, 1.165) is 5.56 Å². The number of hydrogen-bond donors (Lipinski definition) is 1. The van der Waals surface area contributed by atoms with Crippen LogP contribution in [0.25, 0.3) is 0 Å². The highest BCUT2D eigenvalue weighted by Crippen LogP contribution is 2.30. The number of amides is 1. The third-order valence-corrected chi connectivity index (χ3v) is 7.97. The van der Waals surface area contributed by atoms with Gasteiger partial charge in [0.15, 0.2) is 0 Å². The van der Waals surface area contributed by atoms with Crippen molar-refractivity contribution >= 4 is 27.5 Å². The highest BCUT2D eigenvalue weighted by Gasteiger charge is 2.32. The average molecular weight is 481 g/mol. The largest absolute Gasteiger partial charge is 0.497 e. The molecule has 32 heavy (non-hydrogen) atoms. The first-order chi connectivity index (χ1) is 15.2. The Balaban J connectivity index is 1.59. The van der Waals surface area contributed by atoms with Crippen LogP contribution in [0.2, 0.25) is 5.02 Å². The molecule has 1 aliphatic heterocycles. The van der Waals surface area contributed by atoms with E-state index in [0.29, 0.717) is 48.0 Å². The Bertz CT molecular complexity index is 1050. The molecule has 3 rings (SSSR count). The Labute approximate surface area is 194 Å². The number of methoxy groups -OCH3 is 2. The molecule has 0 spiro atoms. The van der Waals surface area contributed by atoms with Gasteiger partial charge in [0.05, 0.1) is 26.0 Å². The SMILES string of the molecule is COc1ccc(OC)c(C(C)NC(=O)C2CCN(S(=O)(=O)Cc3ccccc3Cl)CC2)c1. The number of hydrogen-bond acceptors (Lipinski definition) is 5. The molecule has 1 atom stereocenters. The number of carbonyl (C=O) groups excluding carboxylic acids is 1. The van der Waals surface area contributed by atoms with Gasteiger partial charge in [-0.25, -0.2) is 12.7 Å². The van der Waals surface area contributed by atoms with E-state index in [-0.39, 0.29) is 23.6 Å². The highest BCUT2D eigenvalue weighted by molar-refractivity contribution is 7.88.